The number of amides is 3. The van der Waals surface area contributed by atoms with Crippen molar-refractivity contribution in [2.45, 2.75) is 57.7 Å². The van der Waals surface area contributed by atoms with Gasteiger partial charge >= 0.3 is 6.03 Å². The fraction of sp³-hybridized carbons (Fsp3) is 0.556. The van der Waals surface area contributed by atoms with Crippen LogP contribution in [0.5, 0.6) is 0 Å². The highest BCUT2D eigenvalue weighted by molar-refractivity contribution is 9.10. The topological polar surface area (TPSA) is 58.0 Å². The van der Waals surface area contributed by atoms with Crippen molar-refractivity contribution < 1.29 is 14.3 Å². The van der Waals surface area contributed by atoms with Crippen molar-refractivity contribution in [3.05, 3.63) is 58.3 Å². The molecule has 1 fully saturated rings. The Morgan fingerprint density at radius 1 is 1.09 bits per heavy atom. The van der Waals surface area contributed by atoms with Gasteiger partial charge in [0.25, 0.3) is 0 Å². The third kappa shape index (κ3) is 8.10. The first-order valence-corrected chi connectivity index (χ1v) is 13.3. The van der Waals surface area contributed by atoms with Crippen molar-refractivity contribution in [1.29, 1.82) is 0 Å². The Kier molecular flexibility index (Phi) is 10.7. The number of benzene rings is 1. The Balaban J connectivity index is 1.77. The summed E-state index contributed by atoms with van der Waals surface area (Å²) in [5.41, 5.74) is 2.32. The number of ether oxygens (including phenoxy) is 1. The summed E-state index contributed by atoms with van der Waals surface area (Å²) in [6.07, 6.45) is 8.32. The number of carbonyl (C=O) groups is 2. The van der Waals surface area contributed by atoms with E-state index in [2.05, 4.69) is 57.0 Å². The number of carbonyl (C=O) groups excluding carboxylic acids is 2. The summed E-state index contributed by atoms with van der Waals surface area (Å²) in [5, 5.41) is 0. The molecule has 3 rings (SSSR count). The Morgan fingerprint density at radius 2 is 1.80 bits per heavy atom. The third-order valence-corrected chi connectivity index (χ3v) is 7.14. The molecule has 7 nitrogen and oxygen atoms in total. The van der Waals surface area contributed by atoms with Gasteiger partial charge in [0.2, 0.25) is 5.91 Å². The molecule has 3 amide bonds. The average molecular weight is 548 g/mol. The maximum absolute atomic E-state index is 13.7. The molecule has 0 aliphatic heterocycles. The van der Waals surface area contributed by atoms with Gasteiger partial charge in [-0.3, -0.25) is 4.79 Å². The van der Waals surface area contributed by atoms with Crippen LogP contribution in [-0.2, 0) is 22.6 Å². The number of nitrogens with zero attached hydrogens (tertiary/aromatic N) is 4. The van der Waals surface area contributed by atoms with E-state index in [1.165, 1.54) is 16.9 Å². The molecule has 192 valence electrons. The predicted octanol–water partition coefficient (Wildman–Crippen LogP) is 4.98. The van der Waals surface area contributed by atoms with Crippen LogP contribution < -0.4 is 0 Å². The molecule has 1 aliphatic rings. The number of hydrogen-bond donors (Lipinski definition) is 0. The predicted molar refractivity (Wildman–Crippen MR) is 142 cm³/mol. The second kappa shape index (κ2) is 13.7. The van der Waals surface area contributed by atoms with Crippen LogP contribution in [0.4, 0.5) is 4.79 Å². The van der Waals surface area contributed by atoms with Gasteiger partial charge in [-0.2, -0.15) is 0 Å². The van der Waals surface area contributed by atoms with E-state index < -0.39 is 0 Å². The van der Waals surface area contributed by atoms with Crippen LogP contribution in [0.1, 0.15) is 49.8 Å². The van der Waals surface area contributed by atoms with Crippen molar-refractivity contribution in [3.8, 4) is 0 Å². The van der Waals surface area contributed by atoms with Crippen LogP contribution in [0.25, 0.3) is 0 Å². The lowest BCUT2D eigenvalue weighted by atomic mass is 9.94. The molecule has 1 aromatic heterocycles. The molecule has 0 saturated heterocycles. The molecule has 2 aromatic rings. The first-order chi connectivity index (χ1) is 16.9. The fourth-order valence-corrected chi connectivity index (χ4v) is 4.97. The molecular formula is C27H39BrN4O3. The van der Waals surface area contributed by atoms with E-state index in [1.54, 1.807) is 26.1 Å². The molecule has 1 aliphatic carbocycles. The van der Waals surface area contributed by atoms with Gasteiger partial charge < -0.3 is 24.0 Å². The molecule has 35 heavy (non-hydrogen) atoms. The fourth-order valence-electron chi connectivity index (χ4n) is 4.70. The lowest BCUT2D eigenvalue weighted by Crippen LogP contribution is -2.49. The highest BCUT2D eigenvalue weighted by Gasteiger charge is 2.29. The van der Waals surface area contributed by atoms with E-state index in [0.29, 0.717) is 26.1 Å². The number of urea groups is 1. The van der Waals surface area contributed by atoms with Crippen LogP contribution in [-0.4, -0.2) is 78.1 Å². The smallest absolute Gasteiger partial charge is 0.319 e. The maximum atomic E-state index is 13.7. The minimum Gasteiger partial charge on any atom is -0.385 e. The number of hydrogen-bond acceptors (Lipinski definition) is 3. The van der Waals surface area contributed by atoms with Gasteiger partial charge in [0.05, 0.1) is 6.54 Å². The molecule has 0 spiro atoms. The quantitative estimate of drug-likeness (QED) is 0.373. The summed E-state index contributed by atoms with van der Waals surface area (Å²) in [5.74, 6) is 0.0147. The van der Waals surface area contributed by atoms with Crippen LogP contribution in [0.3, 0.4) is 0 Å². The lowest BCUT2D eigenvalue weighted by molar-refractivity contribution is -0.135. The Bertz CT molecular complexity index is 938. The summed E-state index contributed by atoms with van der Waals surface area (Å²) < 4.78 is 8.44. The zero-order valence-electron chi connectivity index (χ0n) is 21.3. The molecule has 8 heteroatoms. The second-order valence-electron chi connectivity index (χ2n) is 9.51. The summed E-state index contributed by atoms with van der Waals surface area (Å²) in [4.78, 5) is 31.7. The second-order valence-corrected chi connectivity index (χ2v) is 10.4. The van der Waals surface area contributed by atoms with E-state index >= 15 is 0 Å². The first kappa shape index (κ1) is 27.3. The zero-order valence-corrected chi connectivity index (χ0v) is 22.9. The first-order valence-electron chi connectivity index (χ1n) is 12.5. The average Bonchev–Trinajstić information content (AvgIpc) is 3.29. The zero-order chi connectivity index (χ0) is 25.2. The molecule has 0 bridgehead atoms. The lowest BCUT2D eigenvalue weighted by Gasteiger charge is -2.36. The van der Waals surface area contributed by atoms with Crippen molar-refractivity contribution in [2.24, 2.45) is 0 Å². The summed E-state index contributed by atoms with van der Waals surface area (Å²) in [7, 11) is 5.10. The standard InChI is InChI=1S/C27H39BrN4O3/c1-29(2)27(34)31(17-8-18-35-3)21-26(33)32(24-9-5-4-6-10-24)20-25-11-7-16-30(25)19-22-12-14-23(28)15-13-22/h7,11-16,24H,4-6,8-10,17-21H2,1-3H3. The Morgan fingerprint density at radius 3 is 2.46 bits per heavy atom. The van der Waals surface area contributed by atoms with Gasteiger partial charge in [-0.25, -0.2) is 4.79 Å². The SMILES string of the molecule is COCCCN(CC(=O)N(Cc1cccn1Cc1ccc(Br)cc1)C1CCCCC1)C(=O)N(C)C. The highest BCUT2D eigenvalue weighted by atomic mass is 79.9. The van der Waals surface area contributed by atoms with Gasteiger partial charge in [0.15, 0.2) is 0 Å². The van der Waals surface area contributed by atoms with Gasteiger partial charge in [0, 0.05) is 63.3 Å². The van der Waals surface area contributed by atoms with Crippen molar-refractivity contribution in [3.63, 3.8) is 0 Å². The normalized spacial score (nSPS) is 14.1. The van der Waals surface area contributed by atoms with Gasteiger partial charge in [0.1, 0.15) is 6.54 Å². The molecule has 1 saturated carbocycles. The van der Waals surface area contributed by atoms with Crippen LogP contribution in [0.15, 0.2) is 47.1 Å². The molecule has 1 heterocycles. The van der Waals surface area contributed by atoms with Crippen molar-refractivity contribution >= 4 is 27.9 Å². The maximum Gasteiger partial charge on any atom is 0.319 e. The minimum atomic E-state index is -0.142. The Hall–Kier alpha value is -2.32. The summed E-state index contributed by atoms with van der Waals surface area (Å²) >= 11 is 3.50. The van der Waals surface area contributed by atoms with E-state index in [1.807, 2.05) is 11.0 Å². The number of rotatable bonds is 11. The van der Waals surface area contributed by atoms with Crippen LogP contribution >= 0.6 is 15.9 Å². The molecule has 0 unspecified atom stereocenters. The molecule has 0 N–H and O–H groups in total. The van der Waals surface area contributed by atoms with E-state index in [4.69, 9.17) is 4.74 Å². The van der Waals surface area contributed by atoms with Gasteiger partial charge in [-0.15, -0.1) is 0 Å². The van der Waals surface area contributed by atoms with E-state index in [-0.39, 0.29) is 24.5 Å². The molecule has 0 radical (unpaired) electrons. The number of halogens is 1. The largest absolute Gasteiger partial charge is 0.385 e. The monoisotopic (exact) mass is 546 g/mol. The van der Waals surface area contributed by atoms with E-state index in [9.17, 15) is 9.59 Å². The summed E-state index contributed by atoms with van der Waals surface area (Å²) in [6.45, 7) is 2.45. The Labute approximate surface area is 218 Å². The molecule has 0 atom stereocenters. The van der Waals surface area contributed by atoms with Crippen LogP contribution in [0, 0.1) is 0 Å². The van der Waals surface area contributed by atoms with E-state index in [0.717, 1.165) is 42.4 Å². The minimum absolute atomic E-state index is 0.0147. The number of methoxy groups -OCH3 is 1. The summed E-state index contributed by atoms with van der Waals surface area (Å²) in [6, 6.07) is 12.5. The van der Waals surface area contributed by atoms with Crippen molar-refractivity contribution in [1.82, 2.24) is 19.3 Å². The number of aromatic nitrogens is 1. The molecular weight excluding hydrogens is 508 g/mol. The van der Waals surface area contributed by atoms with Gasteiger partial charge in [-0.05, 0) is 49.1 Å². The van der Waals surface area contributed by atoms with Crippen molar-refractivity contribution in [2.75, 3.05) is 40.9 Å². The van der Waals surface area contributed by atoms with Crippen LogP contribution in [0.2, 0.25) is 0 Å². The highest BCUT2D eigenvalue weighted by Crippen LogP contribution is 2.25. The third-order valence-electron chi connectivity index (χ3n) is 6.61. The van der Waals surface area contributed by atoms with Gasteiger partial charge in [-0.1, -0.05) is 47.3 Å². The molecule has 1 aromatic carbocycles.